The summed E-state index contributed by atoms with van der Waals surface area (Å²) in [6.45, 7) is 2.67. The first-order valence-corrected chi connectivity index (χ1v) is 7.86. The molecule has 130 valence electrons. The van der Waals surface area contributed by atoms with Gasteiger partial charge < -0.3 is 19.9 Å². The lowest BCUT2D eigenvalue weighted by Gasteiger charge is -2.18. The van der Waals surface area contributed by atoms with E-state index in [-0.39, 0.29) is 11.7 Å². The third-order valence-corrected chi connectivity index (χ3v) is 4.15. The third-order valence-electron chi connectivity index (χ3n) is 4.15. The van der Waals surface area contributed by atoms with Crippen LogP contribution in [-0.2, 0) is 0 Å². The number of benzene rings is 2. The van der Waals surface area contributed by atoms with Gasteiger partial charge in [0.25, 0.3) is 0 Å². The van der Waals surface area contributed by atoms with Crippen LogP contribution in [0.5, 0.6) is 17.2 Å². The Bertz CT molecular complexity index is 703. The zero-order valence-electron chi connectivity index (χ0n) is 14.6. The maximum Gasteiger partial charge on any atom is 0.203 e. The van der Waals surface area contributed by atoms with Crippen LogP contribution in [0, 0.1) is 5.82 Å². The fourth-order valence-electron chi connectivity index (χ4n) is 2.79. The second-order valence-corrected chi connectivity index (χ2v) is 5.60. The SMILES string of the molecule is COc1ccc(-c2cc(C(C)CCN)ccc2F)c(OC)c1OC. The number of nitrogens with two attached hydrogens (primary N) is 1. The zero-order chi connectivity index (χ0) is 17.7. The van der Waals surface area contributed by atoms with Crippen molar-refractivity contribution < 1.29 is 18.6 Å². The molecule has 0 aromatic heterocycles. The summed E-state index contributed by atoms with van der Waals surface area (Å²) in [6, 6.07) is 8.64. The van der Waals surface area contributed by atoms with Crippen molar-refractivity contribution in [3.63, 3.8) is 0 Å². The Morgan fingerprint density at radius 3 is 2.25 bits per heavy atom. The van der Waals surface area contributed by atoms with Gasteiger partial charge in [-0.3, -0.25) is 0 Å². The average Bonchev–Trinajstić information content (AvgIpc) is 2.60. The van der Waals surface area contributed by atoms with Crippen molar-refractivity contribution in [2.75, 3.05) is 27.9 Å². The minimum absolute atomic E-state index is 0.250. The maximum absolute atomic E-state index is 14.5. The highest BCUT2D eigenvalue weighted by molar-refractivity contribution is 5.77. The summed E-state index contributed by atoms with van der Waals surface area (Å²) < 4.78 is 30.6. The number of methoxy groups -OCH3 is 3. The molecule has 0 bridgehead atoms. The molecule has 2 aromatic carbocycles. The van der Waals surface area contributed by atoms with Crippen LogP contribution < -0.4 is 19.9 Å². The molecule has 1 atom stereocenters. The minimum atomic E-state index is -0.316. The van der Waals surface area contributed by atoms with Crippen LogP contribution in [-0.4, -0.2) is 27.9 Å². The summed E-state index contributed by atoms with van der Waals surface area (Å²) in [5.74, 6) is 1.35. The van der Waals surface area contributed by atoms with E-state index in [1.165, 1.54) is 20.3 Å². The fraction of sp³-hybridized carbons (Fsp3) is 0.368. The molecule has 2 N–H and O–H groups in total. The summed E-state index contributed by atoms with van der Waals surface area (Å²) in [6.07, 6.45) is 0.841. The van der Waals surface area contributed by atoms with Crippen molar-refractivity contribution in [3.05, 3.63) is 41.7 Å². The molecular weight excluding hydrogens is 309 g/mol. The number of hydrogen-bond acceptors (Lipinski definition) is 4. The highest BCUT2D eigenvalue weighted by Crippen LogP contribution is 2.45. The first kappa shape index (κ1) is 18.1. The molecule has 0 amide bonds. The molecule has 0 aliphatic heterocycles. The van der Waals surface area contributed by atoms with Crippen molar-refractivity contribution in [1.82, 2.24) is 0 Å². The lowest BCUT2D eigenvalue weighted by atomic mass is 9.93. The monoisotopic (exact) mass is 333 g/mol. The van der Waals surface area contributed by atoms with E-state index in [0.29, 0.717) is 34.9 Å². The molecule has 2 aromatic rings. The summed E-state index contributed by atoms with van der Waals surface area (Å²) in [5.41, 5.74) is 7.76. The molecule has 4 nitrogen and oxygen atoms in total. The van der Waals surface area contributed by atoms with Gasteiger partial charge in [-0.25, -0.2) is 4.39 Å². The third kappa shape index (κ3) is 3.46. The van der Waals surface area contributed by atoms with E-state index < -0.39 is 0 Å². The van der Waals surface area contributed by atoms with Crippen molar-refractivity contribution in [2.45, 2.75) is 19.3 Å². The van der Waals surface area contributed by atoms with Crippen LogP contribution in [0.15, 0.2) is 30.3 Å². The van der Waals surface area contributed by atoms with Gasteiger partial charge in [0.2, 0.25) is 5.75 Å². The summed E-state index contributed by atoms with van der Waals surface area (Å²) in [4.78, 5) is 0. The molecule has 0 aliphatic carbocycles. The van der Waals surface area contributed by atoms with Gasteiger partial charge in [0, 0.05) is 11.1 Å². The Kier molecular flexibility index (Phi) is 6.04. The van der Waals surface area contributed by atoms with E-state index >= 15 is 0 Å². The van der Waals surface area contributed by atoms with Crippen LogP contribution in [0.3, 0.4) is 0 Å². The quantitative estimate of drug-likeness (QED) is 0.833. The van der Waals surface area contributed by atoms with Crippen LogP contribution in [0.25, 0.3) is 11.1 Å². The van der Waals surface area contributed by atoms with Crippen LogP contribution in [0.2, 0.25) is 0 Å². The van der Waals surface area contributed by atoms with Gasteiger partial charge in [-0.1, -0.05) is 13.0 Å². The van der Waals surface area contributed by atoms with E-state index in [2.05, 4.69) is 6.92 Å². The Labute approximate surface area is 142 Å². The minimum Gasteiger partial charge on any atom is -0.493 e. The molecule has 0 saturated carbocycles. The molecule has 2 rings (SSSR count). The van der Waals surface area contributed by atoms with Gasteiger partial charge in [-0.2, -0.15) is 0 Å². The standard InChI is InChI=1S/C19H24FNO3/c1-12(9-10-21)13-5-7-16(20)15(11-13)14-6-8-17(22-2)19(24-4)18(14)23-3/h5-8,11-12H,9-10,21H2,1-4H3. The second-order valence-electron chi connectivity index (χ2n) is 5.60. The lowest BCUT2D eigenvalue weighted by molar-refractivity contribution is 0.325. The number of rotatable bonds is 7. The molecule has 0 spiro atoms. The molecule has 5 heteroatoms. The van der Waals surface area contributed by atoms with Crippen molar-refractivity contribution in [1.29, 1.82) is 0 Å². The second kappa shape index (κ2) is 8.02. The molecule has 0 aliphatic rings. The van der Waals surface area contributed by atoms with Gasteiger partial charge in [0.05, 0.1) is 21.3 Å². The average molecular weight is 333 g/mol. The van der Waals surface area contributed by atoms with Gasteiger partial charge in [0.1, 0.15) is 5.82 Å². The zero-order valence-corrected chi connectivity index (χ0v) is 14.6. The maximum atomic E-state index is 14.5. The number of ether oxygens (including phenoxy) is 3. The van der Waals surface area contributed by atoms with E-state index in [1.807, 2.05) is 6.07 Å². The highest BCUT2D eigenvalue weighted by Gasteiger charge is 2.20. The van der Waals surface area contributed by atoms with Crippen LogP contribution in [0.4, 0.5) is 4.39 Å². The Balaban J connectivity index is 2.61. The molecule has 24 heavy (non-hydrogen) atoms. The molecule has 0 heterocycles. The van der Waals surface area contributed by atoms with Crippen molar-refractivity contribution >= 4 is 0 Å². The molecule has 0 fully saturated rings. The Hall–Kier alpha value is -2.27. The molecule has 0 saturated heterocycles. The van der Waals surface area contributed by atoms with E-state index in [1.54, 1.807) is 25.3 Å². The highest BCUT2D eigenvalue weighted by atomic mass is 19.1. The van der Waals surface area contributed by atoms with E-state index in [9.17, 15) is 4.39 Å². The first-order valence-electron chi connectivity index (χ1n) is 7.86. The van der Waals surface area contributed by atoms with E-state index in [0.717, 1.165) is 12.0 Å². The van der Waals surface area contributed by atoms with Crippen LogP contribution >= 0.6 is 0 Å². The predicted octanol–water partition coefficient (Wildman–Crippen LogP) is 3.97. The van der Waals surface area contributed by atoms with Gasteiger partial charge in [-0.15, -0.1) is 0 Å². The largest absolute Gasteiger partial charge is 0.493 e. The Morgan fingerprint density at radius 1 is 0.958 bits per heavy atom. The number of halogens is 1. The molecular formula is C19H24FNO3. The predicted molar refractivity (Wildman–Crippen MR) is 93.6 cm³/mol. The van der Waals surface area contributed by atoms with Crippen molar-refractivity contribution in [3.8, 4) is 28.4 Å². The van der Waals surface area contributed by atoms with Crippen molar-refractivity contribution in [2.24, 2.45) is 5.73 Å². The lowest BCUT2D eigenvalue weighted by Crippen LogP contribution is -2.05. The van der Waals surface area contributed by atoms with Crippen LogP contribution in [0.1, 0.15) is 24.8 Å². The summed E-state index contributed by atoms with van der Waals surface area (Å²) >= 11 is 0. The summed E-state index contributed by atoms with van der Waals surface area (Å²) in [5, 5.41) is 0. The van der Waals surface area contributed by atoms with Gasteiger partial charge in [-0.05, 0) is 48.7 Å². The smallest absolute Gasteiger partial charge is 0.203 e. The summed E-state index contributed by atoms with van der Waals surface area (Å²) in [7, 11) is 4.60. The molecule has 1 unspecified atom stereocenters. The first-order chi connectivity index (χ1) is 11.6. The number of hydrogen-bond donors (Lipinski definition) is 1. The van der Waals surface area contributed by atoms with Gasteiger partial charge in [0.15, 0.2) is 11.5 Å². The Morgan fingerprint density at radius 2 is 1.67 bits per heavy atom. The van der Waals surface area contributed by atoms with Gasteiger partial charge >= 0.3 is 0 Å². The topological polar surface area (TPSA) is 53.7 Å². The van der Waals surface area contributed by atoms with E-state index in [4.69, 9.17) is 19.9 Å². The molecule has 0 radical (unpaired) electrons. The normalized spacial score (nSPS) is 11.9. The fourth-order valence-corrected chi connectivity index (χ4v) is 2.79.